The van der Waals surface area contributed by atoms with Crippen LogP contribution >= 0.6 is 0 Å². The number of hydrogen-bond donors (Lipinski definition) is 0. The van der Waals surface area contributed by atoms with Gasteiger partial charge >= 0.3 is 0 Å². The predicted molar refractivity (Wildman–Crippen MR) is 49.6 cm³/mol. The summed E-state index contributed by atoms with van der Waals surface area (Å²) in [4.78, 5) is 12.0. The Morgan fingerprint density at radius 2 is 2.00 bits per heavy atom. The molecule has 1 heterocycles. The Balaban J connectivity index is 1.94. The van der Waals surface area contributed by atoms with Crippen molar-refractivity contribution < 1.29 is 14.3 Å². The molecular formula is C11H16O3. The predicted octanol–water partition coefficient (Wildman–Crippen LogP) is 1.36. The Labute approximate surface area is 83.8 Å². The van der Waals surface area contributed by atoms with Gasteiger partial charge in [0.05, 0.1) is 19.1 Å². The number of fused-ring (bicyclic) bond motifs is 2. The molecule has 0 aromatic rings. The number of rotatable bonds is 0. The second-order valence-electron chi connectivity index (χ2n) is 4.79. The lowest BCUT2D eigenvalue weighted by Gasteiger charge is -2.49. The Kier molecular flexibility index (Phi) is 1.77. The van der Waals surface area contributed by atoms with Crippen molar-refractivity contribution in [2.75, 3.05) is 13.2 Å². The standard InChI is InChI=1S/C11H16O3/c1-7-8-2-3-9(10(7)12)11(6-8)13-4-5-14-11/h7-9H,2-6H2,1H3. The van der Waals surface area contributed by atoms with Crippen LogP contribution in [0.4, 0.5) is 0 Å². The molecule has 3 heteroatoms. The van der Waals surface area contributed by atoms with Crippen LogP contribution in [-0.4, -0.2) is 24.8 Å². The topological polar surface area (TPSA) is 35.5 Å². The summed E-state index contributed by atoms with van der Waals surface area (Å²) in [5.74, 6) is 0.601. The lowest BCUT2D eigenvalue weighted by Crippen LogP contribution is -2.56. The van der Waals surface area contributed by atoms with E-state index in [9.17, 15) is 4.79 Å². The maximum Gasteiger partial charge on any atom is 0.178 e. The lowest BCUT2D eigenvalue weighted by atomic mass is 9.61. The summed E-state index contributed by atoms with van der Waals surface area (Å²) in [5, 5.41) is 0. The van der Waals surface area contributed by atoms with Crippen molar-refractivity contribution in [2.45, 2.75) is 32.0 Å². The zero-order chi connectivity index (χ0) is 9.76. The van der Waals surface area contributed by atoms with Crippen LogP contribution in [0.3, 0.4) is 0 Å². The summed E-state index contributed by atoms with van der Waals surface area (Å²) < 4.78 is 11.4. The molecule has 1 aliphatic heterocycles. The van der Waals surface area contributed by atoms with Gasteiger partial charge in [-0.3, -0.25) is 4.79 Å². The van der Waals surface area contributed by atoms with Crippen LogP contribution in [0, 0.1) is 17.8 Å². The summed E-state index contributed by atoms with van der Waals surface area (Å²) in [6, 6.07) is 0. The maximum atomic E-state index is 12.0. The van der Waals surface area contributed by atoms with E-state index in [2.05, 4.69) is 6.92 Å². The molecule has 1 saturated heterocycles. The van der Waals surface area contributed by atoms with E-state index in [1.54, 1.807) is 0 Å². The van der Waals surface area contributed by atoms with E-state index in [4.69, 9.17) is 9.47 Å². The molecule has 3 nitrogen and oxygen atoms in total. The number of ether oxygens (including phenoxy) is 2. The Morgan fingerprint density at radius 1 is 1.29 bits per heavy atom. The van der Waals surface area contributed by atoms with Gasteiger partial charge in [0.2, 0.25) is 0 Å². The van der Waals surface area contributed by atoms with E-state index in [1.165, 1.54) is 6.42 Å². The smallest absolute Gasteiger partial charge is 0.178 e. The molecule has 4 rings (SSSR count). The highest BCUT2D eigenvalue weighted by Gasteiger charge is 2.58. The second kappa shape index (κ2) is 2.80. The Morgan fingerprint density at radius 3 is 2.64 bits per heavy atom. The molecule has 4 fully saturated rings. The molecule has 3 unspecified atom stereocenters. The normalized spacial score (nSPS) is 44.9. The van der Waals surface area contributed by atoms with Gasteiger partial charge in [0, 0.05) is 12.3 Å². The quantitative estimate of drug-likeness (QED) is 0.587. The summed E-state index contributed by atoms with van der Waals surface area (Å²) in [6.07, 6.45) is 3.07. The third-order valence-corrected chi connectivity index (χ3v) is 4.18. The van der Waals surface area contributed by atoms with Crippen molar-refractivity contribution in [1.29, 1.82) is 0 Å². The van der Waals surface area contributed by atoms with Gasteiger partial charge < -0.3 is 9.47 Å². The van der Waals surface area contributed by atoms with Gasteiger partial charge in [-0.1, -0.05) is 6.92 Å². The fourth-order valence-electron chi connectivity index (χ4n) is 3.34. The van der Waals surface area contributed by atoms with Crippen LogP contribution in [0.15, 0.2) is 0 Å². The molecule has 2 bridgehead atoms. The first-order chi connectivity index (χ1) is 6.73. The number of Topliss-reactive ketones (excluding diaryl/α,β-unsaturated/α-hetero) is 1. The van der Waals surface area contributed by atoms with E-state index in [0.29, 0.717) is 24.9 Å². The first kappa shape index (κ1) is 8.86. The lowest BCUT2D eigenvalue weighted by molar-refractivity contribution is -0.237. The van der Waals surface area contributed by atoms with Gasteiger partial charge in [0.1, 0.15) is 5.78 Å². The largest absolute Gasteiger partial charge is 0.347 e. The molecule has 0 aromatic carbocycles. The van der Waals surface area contributed by atoms with Crippen LogP contribution < -0.4 is 0 Å². The van der Waals surface area contributed by atoms with Crippen molar-refractivity contribution >= 4 is 5.78 Å². The minimum atomic E-state index is -0.507. The van der Waals surface area contributed by atoms with E-state index in [1.807, 2.05) is 0 Å². The summed E-state index contributed by atoms with van der Waals surface area (Å²) in [7, 11) is 0. The molecule has 4 aliphatic rings. The first-order valence-electron chi connectivity index (χ1n) is 5.54. The number of carbonyl (C=O) groups excluding carboxylic acids is 1. The molecule has 0 N–H and O–H groups in total. The zero-order valence-electron chi connectivity index (χ0n) is 8.49. The van der Waals surface area contributed by atoms with Crippen LogP contribution in [0.5, 0.6) is 0 Å². The SMILES string of the molecule is CC1C(=O)C2CCC1CC21OCCO1. The van der Waals surface area contributed by atoms with Crippen LogP contribution in [0.25, 0.3) is 0 Å². The van der Waals surface area contributed by atoms with Crippen molar-refractivity contribution in [2.24, 2.45) is 17.8 Å². The third-order valence-electron chi connectivity index (χ3n) is 4.18. The number of ketones is 1. The summed E-state index contributed by atoms with van der Waals surface area (Å²) in [6.45, 7) is 3.37. The van der Waals surface area contributed by atoms with Gasteiger partial charge in [0.15, 0.2) is 5.79 Å². The summed E-state index contributed by atoms with van der Waals surface area (Å²) in [5.41, 5.74) is 0. The van der Waals surface area contributed by atoms with Crippen molar-refractivity contribution in [3.63, 3.8) is 0 Å². The van der Waals surface area contributed by atoms with Crippen LogP contribution in [0.1, 0.15) is 26.2 Å². The molecule has 78 valence electrons. The number of carbonyl (C=O) groups is 1. The Bertz CT molecular complexity index is 268. The molecule has 14 heavy (non-hydrogen) atoms. The molecule has 0 radical (unpaired) electrons. The molecule has 3 atom stereocenters. The fourth-order valence-corrected chi connectivity index (χ4v) is 3.34. The van der Waals surface area contributed by atoms with Crippen molar-refractivity contribution in [1.82, 2.24) is 0 Å². The molecule has 0 aromatic heterocycles. The van der Waals surface area contributed by atoms with E-state index in [0.717, 1.165) is 12.8 Å². The highest BCUT2D eigenvalue weighted by Crippen LogP contribution is 2.51. The minimum absolute atomic E-state index is 0.0185. The van der Waals surface area contributed by atoms with E-state index < -0.39 is 5.79 Å². The highest BCUT2D eigenvalue weighted by molar-refractivity contribution is 5.86. The second-order valence-corrected chi connectivity index (χ2v) is 4.79. The first-order valence-corrected chi connectivity index (χ1v) is 5.54. The minimum Gasteiger partial charge on any atom is -0.347 e. The van der Waals surface area contributed by atoms with Crippen LogP contribution in [-0.2, 0) is 14.3 Å². The van der Waals surface area contributed by atoms with Gasteiger partial charge in [-0.2, -0.15) is 0 Å². The molecule has 3 saturated carbocycles. The van der Waals surface area contributed by atoms with Crippen molar-refractivity contribution in [3.8, 4) is 0 Å². The van der Waals surface area contributed by atoms with Gasteiger partial charge in [-0.05, 0) is 18.8 Å². The Hall–Kier alpha value is -0.410. The fraction of sp³-hybridized carbons (Fsp3) is 0.909. The zero-order valence-corrected chi connectivity index (χ0v) is 8.49. The molecule has 1 spiro atoms. The third kappa shape index (κ3) is 0.971. The van der Waals surface area contributed by atoms with Gasteiger partial charge in [-0.25, -0.2) is 0 Å². The average molecular weight is 196 g/mol. The van der Waals surface area contributed by atoms with E-state index in [-0.39, 0.29) is 11.8 Å². The average Bonchev–Trinajstić information content (AvgIpc) is 2.62. The maximum absolute atomic E-state index is 12.0. The highest BCUT2D eigenvalue weighted by atomic mass is 16.7. The van der Waals surface area contributed by atoms with Crippen molar-refractivity contribution in [3.05, 3.63) is 0 Å². The number of hydrogen-bond acceptors (Lipinski definition) is 3. The van der Waals surface area contributed by atoms with E-state index >= 15 is 0 Å². The van der Waals surface area contributed by atoms with Gasteiger partial charge in [-0.15, -0.1) is 0 Å². The van der Waals surface area contributed by atoms with Crippen LogP contribution in [0.2, 0.25) is 0 Å². The van der Waals surface area contributed by atoms with Gasteiger partial charge in [0.25, 0.3) is 0 Å². The monoisotopic (exact) mass is 196 g/mol. The summed E-state index contributed by atoms with van der Waals surface area (Å²) >= 11 is 0. The molecular weight excluding hydrogens is 180 g/mol. The molecule has 3 aliphatic carbocycles. The molecule has 0 amide bonds.